The quantitative estimate of drug-likeness (QED) is 0.608. The fourth-order valence-corrected chi connectivity index (χ4v) is 2.92. The first-order valence-corrected chi connectivity index (χ1v) is 7.29. The molecule has 0 saturated carbocycles. The Labute approximate surface area is 130 Å². The van der Waals surface area contributed by atoms with Gasteiger partial charge in [-0.15, -0.1) is 0 Å². The maximum Gasteiger partial charge on any atom is 0.196 e. The van der Waals surface area contributed by atoms with Gasteiger partial charge in [0, 0.05) is 39.7 Å². The van der Waals surface area contributed by atoms with Crippen LogP contribution in [0.5, 0.6) is 0 Å². The molecule has 2 aromatic carbocycles. The molecule has 0 fully saturated rings. The van der Waals surface area contributed by atoms with Crippen molar-refractivity contribution in [3.8, 4) is 0 Å². The third-order valence-electron chi connectivity index (χ3n) is 3.34. The van der Waals surface area contributed by atoms with Crippen LogP contribution in [0.2, 0.25) is 5.02 Å². The van der Waals surface area contributed by atoms with Crippen LogP contribution in [0.4, 0.5) is 0 Å². The zero-order valence-corrected chi connectivity index (χ0v) is 13.1. The molecule has 0 spiro atoms. The Hall–Kier alpha value is -1.58. The Morgan fingerprint density at radius 1 is 1.10 bits per heavy atom. The lowest BCUT2D eigenvalue weighted by Gasteiger charge is -2.04. The summed E-state index contributed by atoms with van der Waals surface area (Å²) in [6.07, 6.45) is 1.85. The number of fused-ring (bicyclic) bond motifs is 1. The topological polar surface area (TPSA) is 22.0 Å². The normalized spacial score (nSPS) is 10.9. The number of benzene rings is 2. The second-order valence-corrected chi connectivity index (χ2v) is 5.83. The van der Waals surface area contributed by atoms with E-state index in [0.29, 0.717) is 16.1 Å². The van der Waals surface area contributed by atoms with Gasteiger partial charge in [-0.1, -0.05) is 35.9 Å². The molecule has 1 heterocycles. The van der Waals surface area contributed by atoms with E-state index in [2.05, 4.69) is 15.9 Å². The van der Waals surface area contributed by atoms with Crippen LogP contribution in [0.25, 0.3) is 10.9 Å². The Bertz CT molecular complexity index is 822. The van der Waals surface area contributed by atoms with Crippen molar-refractivity contribution in [3.63, 3.8) is 0 Å². The number of aromatic nitrogens is 1. The summed E-state index contributed by atoms with van der Waals surface area (Å²) in [6.45, 7) is 0. The Balaban J connectivity index is 2.21. The van der Waals surface area contributed by atoms with Gasteiger partial charge in [0.25, 0.3) is 0 Å². The molecule has 3 aromatic rings. The van der Waals surface area contributed by atoms with Crippen molar-refractivity contribution in [2.24, 2.45) is 7.05 Å². The first-order chi connectivity index (χ1) is 9.59. The van der Waals surface area contributed by atoms with E-state index in [1.165, 1.54) is 0 Å². The average molecular weight is 349 g/mol. The van der Waals surface area contributed by atoms with Gasteiger partial charge in [0.2, 0.25) is 0 Å². The summed E-state index contributed by atoms with van der Waals surface area (Å²) in [5, 5.41) is 1.39. The molecule has 0 unspecified atom stereocenters. The van der Waals surface area contributed by atoms with Crippen molar-refractivity contribution in [3.05, 3.63) is 69.3 Å². The fraction of sp³-hybridized carbons (Fsp3) is 0.0625. The molecule has 0 amide bonds. The van der Waals surface area contributed by atoms with Gasteiger partial charge < -0.3 is 4.57 Å². The molecule has 0 aliphatic heterocycles. The lowest BCUT2D eigenvalue weighted by molar-refractivity contribution is 0.104. The molecule has 0 radical (unpaired) electrons. The van der Waals surface area contributed by atoms with E-state index in [0.717, 1.165) is 15.4 Å². The second kappa shape index (κ2) is 5.08. The van der Waals surface area contributed by atoms with Crippen LogP contribution in [-0.4, -0.2) is 10.4 Å². The first kappa shape index (κ1) is 13.4. The minimum absolute atomic E-state index is 0.0619. The molecule has 2 nitrogen and oxygen atoms in total. The van der Waals surface area contributed by atoms with Crippen LogP contribution in [-0.2, 0) is 7.05 Å². The lowest BCUT2D eigenvalue weighted by Crippen LogP contribution is -2.01. The number of ketones is 1. The van der Waals surface area contributed by atoms with Gasteiger partial charge in [0.05, 0.1) is 5.02 Å². The predicted molar refractivity (Wildman–Crippen MR) is 85.5 cm³/mol. The molecule has 0 aliphatic carbocycles. The van der Waals surface area contributed by atoms with Crippen LogP contribution in [0.3, 0.4) is 0 Å². The first-order valence-electron chi connectivity index (χ1n) is 6.12. The average Bonchev–Trinajstić information content (AvgIpc) is 2.79. The van der Waals surface area contributed by atoms with Gasteiger partial charge in [-0.05, 0) is 34.1 Å². The summed E-state index contributed by atoms with van der Waals surface area (Å²) in [5.74, 6) is -0.0619. The molecule has 100 valence electrons. The van der Waals surface area contributed by atoms with E-state index in [1.54, 1.807) is 6.07 Å². The number of hydrogen-bond donors (Lipinski definition) is 0. The van der Waals surface area contributed by atoms with Crippen molar-refractivity contribution in [2.75, 3.05) is 0 Å². The van der Waals surface area contributed by atoms with Crippen molar-refractivity contribution in [1.82, 2.24) is 4.57 Å². The molecule has 0 atom stereocenters. The monoisotopic (exact) mass is 347 g/mol. The number of carbonyl (C=O) groups is 1. The molecule has 1 aromatic heterocycles. The van der Waals surface area contributed by atoms with E-state index in [-0.39, 0.29) is 5.78 Å². The van der Waals surface area contributed by atoms with Crippen molar-refractivity contribution in [2.45, 2.75) is 0 Å². The van der Waals surface area contributed by atoms with Crippen LogP contribution < -0.4 is 0 Å². The molecule has 0 N–H and O–H groups in total. The molecule has 3 rings (SSSR count). The van der Waals surface area contributed by atoms with Gasteiger partial charge >= 0.3 is 0 Å². The third-order valence-corrected chi connectivity index (χ3v) is 4.63. The molecule has 0 saturated heterocycles. The number of hydrogen-bond acceptors (Lipinski definition) is 1. The van der Waals surface area contributed by atoms with Gasteiger partial charge in [0.15, 0.2) is 5.78 Å². The number of aryl methyl sites for hydroxylation is 1. The Morgan fingerprint density at radius 2 is 1.85 bits per heavy atom. The lowest BCUT2D eigenvalue weighted by atomic mass is 10.0. The molecule has 0 aliphatic rings. The summed E-state index contributed by atoms with van der Waals surface area (Å²) < 4.78 is 2.68. The standard InChI is InChI=1S/C16H11BrClNO/c1-19-9-12(10-5-2-3-8-14(10)19)16(20)11-6-4-7-13(17)15(11)18/h2-9H,1H3. The summed E-state index contributed by atoms with van der Waals surface area (Å²) >= 11 is 9.57. The van der Waals surface area contributed by atoms with Gasteiger partial charge in [-0.2, -0.15) is 0 Å². The number of halogens is 2. The van der Waals surface area contributed by atoms with E-state index in [4.69, 9.17) is 11.6 Å². The fourth-order valence-electron chi connectivity index (χ4n) is 2.35. The van der Waals surface area contributed by atoms with Gasteiger partial charge in [-0.25, -0.2) is 0 Å². The molecule has 4 heteroatoms. The number of nitrogens with zero attached hydrogens (tertiary/aromatic N) is 1. The summed E-state index contributed by atoms with van der Waals surface area (Å²) in [7, 11) is 1.93. The maximum atomic E-state index is 12.7. The number of carbonyl (C=O) groups excluding carboxylic acids is 1. The predicted octanol–water partition coefficient (Wildman–Crippen LogP) is 4.83. The molecular weight excluding hydrogens is 338 g/mol. The zero-order chi connectivity index (χ0) is 14.3. The summed E-state index contributed by atoms with van der Waals surface area (Å²) in [5.41, 5.74) is 2.21. The van der Waals surface area contributed by atoms with E-state index >= 15 is 0 Å². The van der Waals surface area contributed by atoms with Crippen molar-refractivity contribution >= 4 is 44.2 Å². The van der Waals surface area contributed by atoms with Crippen LogP contribution >= 0.6 is 27.5 Å². The Morgan fingerprint density at radius 3 is 2.65 bits per heavy atom. The highest BCUT2D eigenvalue weighted by molar-refractivity contribution is 9.10. The number of rotatable bonds is 2. The molecular formula is C16H11BrClNO. The molecule has 0 bridgehead atoms. The summed E-state index contributed by atoms with van der Waals surface area (Å²) in [4.78, 5) is 12.7. The minimum Gasteiger partial charge on any atom is -0.350 e. The smallest absolute Gasteiger partial charge is 0.196 e. The number of para-hydroxylation sites is 1. The molecule has 20 heavy (non-hydrogen) atoms. The SMILES string of the molecule is Cn1cc(C(=O)c2cccc(Br)c2Cl)c2ccccc21. The van der Waals surface area contributed by atoms with E-state index in [1.807, 2.05) is 54.2 Å². The third kappa shape index (κ3) is 2.07. The second-order valence-electron chi connectivity index (χ2n) is 4.60. The van der Waals surface area contributed by atoms with E-state index in [9.17, 15) is 4.79 Å². The van der Waals surface area contributed by atoms with Crippen LogP contribution in [0.15, 0.2) is 53.1 Å². The highest BCUT2D eigenvalue weighted by Gasteiger charge is 2.18. The van der Waals surface area contributed by atoms with Gasteiger partial charge in [0.1, 0.15) is 0 Å². The summed E-state index contributed by atoms with van der Waals surface area (Å²) in [6, 6.07) is 13.2. The minimum atomic E-state index is -0.0619. The highest BCUT2D eigenvalue weighted by atomic mass is 79.9. The van der Waals surface area contributed by atoms with Gasteiger partial charge in [-0.3, -0.25) is 4.79 Å². The largest absolute Gasteiger partial charge is 0.350 e. The Kier molecular flexibility index (Phi) is 3.40. The van der Waals surface area contributed by atoms with E-state index < -0.39 is 0 Å². The highest BCUT2D eigenvalue weighted by Crippen LogP contribution is 2.30. The van der Waals surface area contributed by atoms with Crippen molar-refractivity contribution in [1.29, 1.82) is 0 Å². The zero-order valence-electron chi connectivity index (χ0n) is 10.7. The van der Waals surface area contributed by atoms with Crippen molar-refractivity contribution < 1.29 is 4.79 Å². The maximum absolute atomic E-state index is 12.7. The van der Waals surface area contributed by atoms with Crippen LogP contribution in [0.1, 0.15) is 15.9 Å². The van der Waals surface area contributed by atoms with Crippen LogP contribution in [0, 0.1) is 0 Å².